The predicted molar refractivity (Wildman–Crippen MR) is 109 cm³/mol. The van der Waals surface area contributed by atoms with Crippen molar-refractivity contribution in [3.05, 3.63) is 32.6 Å². The molecule has 2 fully saturated rings. The molecule has 0 aliphatic carbocycles. The molecule has 152 valence electrons. The van der Waals surface area contributed by atoms with E-state index in [1.807, 2.05) is 25.2 Å². The molecule has 0 radical (unpaired) electrons. The molecule has 28 heavy (non-hydrogen) atoms. The van der Waals surface area contributed by atoms with Crippen LogP contribution in [0.15, 0.2) is 4.52 Å². The van der Waals surface area contributed by atoms with Crippen LogP contribution in [0.3, 0.4) is 0 Å². The number of aromatic nitrogens is 2. The monoisotopic (exact) mass is 402 g/mol. The lowest BCUT2D eigenvalue weighted by atomic mass is 9.87. The highest BCUT2D eigenvalue weighted by molar-refractivity contribution is 7.11. The molecule has 1 spiro atoms. The molecule has 6 nitrogen and oxygen atoms in total. The molecule has 2 aliphatic heterocycles. The molecule has 0 saturated carbocycles. The lowest BCUT2D eigenvalue weighted by molar-refractivity contribution is -0.132. The summed E-state index contributed by atoms with van der Waals surface area (Å²) in [6, 6.07) is 0. The second-order valence-electron chi connectivity index (χ2n) is 8.38. The van der Waals surface area contributed by atoms with E-state index in [0.717, 1.165) is 73.0 Å². The third-order valence-corrected chi connectivity index (χ3v) is 7.61. The van der Waals surface area contributed by atoms with Gasteiger partial charge in [-0.2, -0.15) is 0 Å². The van der Waals surface area contributed by atoms with Gasteiger partial charge in [-0.25, -0.2) is 4.98 Å². The normalized spacial score (nSPS) is 23.7. The number of likely N-dealkylation sites (tertiary alicyclic amines) is 2. The summed E-state index contributed by atoms with van der Waals surface area (Å²) in [6.45, 7) is 11.8. The first-order valence-corrected chi connectivity index (χ1v) is 11.1. The molecular weight excluding hydrogens is 372 g/mol. The standard InChI is InChI=1S/C21H30N4O2S/c1-14-18(16(3)27-23-14)12-25-20(26)6-8-21(25)7-5-10-24(11-9-21)13-19-15(2)22-17(4)28-19/h5-13H2,1-4H3/t21-/m1/s1. The zero-order valence-corrected chi connectivity index (χ0v) is 18.2. The number of rotatable bonds is 4. The Labute approximate surface area is 170 Å². The highest BCUT2D eigenvalue weighted by atomic mass is 32.1. The van der Waals surface area contributed by atoms with Gasteiger partial charge in [0.05, 0.1) is 22.9 Å². The van der Waals surface area contributed by atoms with E-state index in [1.165, 1.54) is 4.88 Å². The Morgan fingerprint density at radius 2 is 1.89 bits per heavy atom. The first-order chi connectivity index (χ1) is 13.4. The van der Waals surface area contributed by atoms with Gasteiger partial charge in [0, 0.05) is 35.5 Å². The van der Waals surface area contributed by atoms with Crippen LogP contribution in [0.5, 0.6) is 0 Å². The molecule has 0 unspecified atom stereocenters. The molecule has 0 bridgehead atoms. The molecule has 2 aliphatic rings. The highest BCUT2D eigenvalue weighted by Gasteiger charge is 2.46. The number of amides is 1. The van der Waals surface area contributed by atoms with Gasteiger partial charge < -0.3 is 9.42 Å². The number of nitrogens with zero attached hydrogens (tertiary/aromatic N) is 4. The maximum absolute atomic E-state index is 12.8. The Bertz CT molecular complexity index is 854. The van der Waals surface area contributed by atoms with Gasteiger partial charge in [0.2, 0.25) is 5.91 Å². The minimum absolute atomic E-state index is 0.0132. The van der Waals surface area contributed by atoms with Crippen LogP contribution in [0.1, 0.15) is 64.7 Å². The molecule has 2 saturated heterocycles. The van der Waals surface area contributed by atoms with Crippen molar-refractivity contribution in [3.8, 4) is 0 Å². The maximum Gasteiger partial charge on any atom is 0.223 e. The Kier molecular flexibility index (Phi) is 5.31. The van der Waals surface area contributed by atoms with Crippen molar-refractivity contribution in [1.82, 2.24) is 19.9 Å². The topological polar surface area (TPSA) is 62.5 Å². The summed E-state index contributed by atoms with van der Waals surface area (Å²) in [5.41, 5.74) is 3.13. The second kappa shape index (κ2) is 7.59. The van der Waals surface area contributed by atoms with Gasteiger partial charge in [0.25, 0.3) is 0 Å². The molecule has 4 heterocycles. The number of hydrogen-bond acceptors (Lipinski definition) is 6. The SMILES string of the molecule is Cc1nc(C)c(CN2CCC[C@@]3(CCC(=O)N3Cc3c(C)noc3C)CC2)s1. The Balaban J connectivity index is 1.49. The van der Waals surface area contributed by atoms with Crippen molar-refractivity contribution in [1.29, 1.82) is 0 Å². The molecule has 1 atom stereocenters. The van der Waals surface area contributed by atoms with Crippen molar-refractivity contribution >= 4 is 17.2 Å². The molecule has 7 heteroatoms. The van der Waals surface area contributed by atoms with Gasteiger partial charge in [-0.15, -0.1) is 11.3 Å². The third kappa shape index (κ3) is 3.62. The Morgan fingerprint density at radius 1 is 1.07 bits per heavy atom. The quantitative estimate of drug-likeness (QED) is 0.776. The van der Waals surface area contributed by atoms with Crippen LogP contribution in [0.25, 0.3) is 0 Å². The van der Waals surface area contributed by atoms with E-state index in [9.17, 15) is 4.79 Å². The first kappa shape index (κ1) is 19.6. The van der Waals surface area contributed by atoms with Crippen LogP contribution in [0.4, 0.5) is 0 Å². The molecule has 0 N–H and O–H groups in total. The zero-order chi connectivity index (χ0) is 19.9. The summed E-state index contributed by atoms with van der Waals surface area (Å²) < 4.78 is 5.34. The number of aryl methyl sites for hydroxylation is 4. The zero-order valence-electron chi connectivity index (χ0n) is 17.4. The summed E-state index contributed by atoms with van der Waals surface area (Å²) in [5, 5.41) is 5.22. The van der Waals surface area contributed by atoms with Crippen molar-refractivity contribution in [3.63, 3.8) is 0 Å². The average Bonchev–Trinajstić information content (AvgIpc) is 3.18. The largest absolute Gasteiger partial charge is 0.361 e. The van der Waals surface area contributed by atoms with E-state index in [0.29, 0.717) is 13.0 Å². The van der Waals surface area contributed by atoms with E-state index in [-0.39, 0.29) is 11.4 Å². The molecule has 2 aromatic heterocycles. The van der Waals surface area contributed by atoms with Crippen LogP contribution in [-0.2, 0) is 17.9 Å². The van der Waals surface area contributed by atoms with E-state index in [2.05, 4.69) is 33.8 Å². The van der Waals surface area contributed by atoms with Crippen LogP contribution in [-0.4, -0.2) is 44.5 Å². The maximum atomic E-state index is 12.8. The van der Waals surface area contributed by atoms with E-state index < -0.39 is 0 Å². The van der Waals surface area contributed by atoms with Crippen molar-refractivity contribution in [2.24, 2.45) is 0 Å². The minimum atomic E-state index is -0.0132. The summed E-state index contributed by atoms with van der Waals surface area (Å²) >= 11 is 1.81. The van der Waals surface area contributed by atoms with E-state index in [1.54, 1.807) is 0 Å². The van der Waals surface area contributed by atoms with Crippen molar-refractivity contribution in [2.75, 3.05) is 13.1 Å². The molecular formula is C21H30N4O2S. The van der Waals surface area contributed by atoms with Gasteiger partial charge >= 0.3 is 0 Å². The number of carbonyl (C=O) groups excluding carboxylic acids is 1. The van der Waals surface area contributed by atoms with Gasteiger partial charge in [-0.3, -0.25) is 9.69 Å². The Hall–Kier alpha value is -1.73. The van der Waals surface area contributed by atoms with Crippen LogP contribution in [0, 0.1) is 27.7 Å². The fourth-order valence-corrected chi connectivity index (χ4v) is 5.83. The fraction of sp³-hybridized carbons (Fsp3) is 0.667. The van der Waals surface area contributed by atoms with E-state index >= 15 is 0 Å². The number of hydrogen-bond donors (Lipinski definition) is 0. The van der Waals surface area contributed by atoms with Gasteiger partial charge in [0.1, 0.15) is 5.76 Å². The van der Waals surface area contributed by atoms with Gasteiger partial charge in [-0.1, -0.05) is 5.16 Å². The first-order valence-electron chi connectivity index (χ1n) is 10.3. The molecule has 2 aromatic rings. The van der Waals surface area contributed by atoms with E-state index in [4.69, 9.17) is 4.52 Å². The van der Waals surface area contributed by atoms with Crippen LogP contribution >= 0.6 is 11.3 Å². The molecule has 4 rings (SSSR count). The van der Waals surface area contributed by atoms with Crippen molar-refractivity contribution in [2.45, 2.75) is 78.4 Å². The Morgan fingerprint density at radius 3 is 2.57 bits per heavy atom. The second-order valence-corrected chi connectivity index (χ2v) is 9.67. The average molecular weight is 403 g/mol. The number of carbonyl (C=O) groups is 1. The summed E-state index contributed by atoms with van der Waals surface area (Å²) in [6.07, 6.45) is 4.89. The fourth-order valence-electron chi connectivity index (χ4n) is 4.85. The number of thiazole rings is 1. The summed E-state index contributed by atoms with van der Waals surface area (Å²) in [7, 11) is 0. The minimum Gasteiger partial charge on any atom is -0.361 e. The van der Waals surface area contributed by atoms with Crippen molar-refractivity contribution < 1.29 is 9.32 Å². The molecule has 0 aromatic carbocycles. The lowest BCUT2D eigenvalue weighted by Crippen LogP contribution is -2.46. The van der Waals surface area contributed by atoms with Gasteiger partial charge in [0.15, 0.2) is 0 Å². The smallest absolute Gasteiger partial charge is 0.223 e. The molecule has 1 amide bonds. The lowest BCUT2D eigenvalue weighted by Gasteiger charge is -2.38. The highest BCUT2D eigenvalue weighted by Crippen LogP contribution is 2.41. The van der Waals surface area contributed by atoms with Crippen LogP contribution in [0.2, 0.25) is 0 Å². The summed E-state index contributed by atoms with van der Waals surface area (Å²) in [4.78, 5) is 23.4. The van der Waals surface area contributed by atoms with Gasteiger partial charge in [-0.05, 0) is 59.9 Å². The predicted octanol–water partition coefficient (Wildman–Crippen LogP) is 3.91. The van der Waals surface area contributed by atoms with Crippen LogP contribution < -0.4 is 0 Å². The third-order valence-electron chi connectivity index (χ3n) is 6.55. The summed E-state index contributed by atoms with van der Waals surface area (Å²) in [5.74, 6) is 1.11.